The molecule has 170 valence electrons. The van der Waals surface area contributed by atoms with Gasteiger partial charge in [-0.15, -0.1) is 0 Å². The third kappa shape index (κ3) is 4.40. The van der Waals surface area contributed by atoms with Gasteiger partial charge in [0.25, 0.3) is 0 Å². The number of carbonyl (C=O) groups is 1. The molecule has 2 aromatic heterocycles. The lowest BCUT2D eigenvalue weighted by Gasteiger charge is -2.25. The Morgan fingerprint density at radius 1 is 1.09 bits per heavy atom. The number of benzene rings is 1. The molecule has 1 aromatic carbocycles. The van der Waals surface area contributed by atoms with E-state index in [0.717, 1.165) is 12.1 Å². The maximum atomic E-state index is 13.1. The quantitative estimate of drug-likeness (QED) is 0.425. The number of aromatic hydroxyl groups is 1. The van der Waals surface area contributed by atoms with Gasteiger partial charge in [-0.3, -0.25) is 14.6 Å². The van der Waals surface area contributed by atoms with Crippen LogP contribution in [0.2, 0.25) is 0 Å². The molecule has 0 spiro atoms. The van der Waals surface area contributed by atoms with Crippen LogP contribution in [0, 0.1) is 12.3 Å². The summed E-state index contributed by atoms with van der Waals surface area (Å²) in [6, 6.07) is 5.08. The number of fused-ring (bicyclic) bond motifs is 1. The van der Waals surface area contributed by atoms with Crippen LogP contribution in [0.5, 0.6) is 5.75 Å². The molecule has 0 atom stereocenters. The van der Waals surface area contributed by atoms with Crippen LogP contribution >= 0.6 is 0 Å². The Bertz CT molecular complexity index is 1220. The largest absolute Gasteiger partial charge is 0.507 e. The average molecular weight is 446 g/mol. The molecule has 2 N–H and O–H groups in total. The van der Waals surface area contributed by atoms with Gasteiger partial charge in [0.1, 0.15) is 11.2 Å². The van der Waals surface area contributed by atoms with E-state index in [-0.39, 0.29) is 29.2 Å². The van der Waals surface area contributed by atoms with Gasteiger partial charge in [-0.25, -0.2) is 0 Å². The molecule has 0 unspecified atom stereocenters. The lowest BCUT2D eigenvalue weighted by Crippen LogP contribution is -2.25. The van der Waals surface area contributed by atoms with Crippen molar-refractivity contribution >= 4 is 11.3 Å². The van der Waals surface area contributed by atoms with E-state index in [2.05, 4.69) is 6.92 Å². The van der Waals surface area contributed by atoms with Crippen LogP contribution in [0.25, 0.3) is 5.52 Å². The first-order valence-corrected chi connectivity index (χ1v) is 10.1. The van der Waals surface area contributed by atoms with Crippen molar-refractivity contribution in [1.29, 1.82) is 5.41 Å². The third-order valence-electron chi connectivity index (χ3n) is 5.38. The molecule has 0 fully saturated rings. The first-order chi connectivity index (χ1) is 14.5. The van der Waals surface area contributed by atoms with E-state index < -0.39 is 22.6 Å². The number of imidazole rings is 1. The number of pyridine rings is 1. The molecule has 0 bridgehead atoms. The summed E-state index contributed by atoms with van der Waals surface area (Å²) in [5.74, 6) is -0.233. The van der Waals surface area contributed by atoms with E-state index in [1.807, 2.05) is 34.6 Å². The molecule has 0 radical (unpaired) electrons. The van der Waals surface area contributed by atoms with Crippen LogP contribution in [-0.2, 0) is 23.6 Å². The molecular weight excluding hydrogens is 419 g/mol. The number of halogens is 3. The monoisotopic (exact) mass is 446 g/mol. The second-order valence-electron chi connectivity index (χ2n) is 9.77. The smallest absolute Gasteiger partial charge is 0.416 e. The molecule has 2 heterocycles. The van der Waals surface area contributed by atoms with E-state index in [1.165, 1.54) is 21.4 Å². The predicted molar refractivity (Wildman–Crippen MR) is 116 cm³/mol. The molecule has 3 rings (SSSR count). The van der Waals surface area contributed by atoms with Gasteiger partial charge >= 0.3 is 6.18 Å². The first kappa shape index (κ1) is 23.5. The number of rotatable bonds is 4. The summed E-state index contributed by atoms with van der Waals surface area (Å²) < 4.78 is 41.6. The number of phenolic OH excluding ortho intramolecular Hbond substituents is 1. The van der Waals surface area contributed by atoms with Gasteiger partial charge in [0, 0.05) is 29.1 Å². The third-order valence-corrected chi connectivity index (χ3v) is 5.38. The molecule has 32 heavy (non-hydrogen) atoms. The zero-order valence-electron chi connectivity index (χ0n) is 18.8. The van der Waals surface area contributed by atoms with Crippen molar-refractivity contribution in [1.82, 2.24) is 8.97 Å². The highest BCUT2D eigenvalue weighted by Crippen LogP contribution is 2.39. The second kappa shape index (κ2) is 7.46. The fourth-order valence-corrected chi connectivity index (χ4v) is 3.60. The van der Waals surface area contributed by atoms with Crippen LogP contribution < -0.4 is 5.62 Å². The normalized spacial score (nSPS) is 13.0. The van der Waals surface area contributed by atoms with Crippen molar-refractivity contribution in [2.75, 3.05) is 0 Å². The molecule has 0 saturated carbocycles. The number of nitrogens with zero attached hydrogens (tertiary/aromatic N) is 2. The zero-order chi connectivity index (χ0) is 24.2. The summed E-state index contributed by atoms with van der Waals surface area (Å²) in [7, 11) is 0. The van der Waals surface area contributed by atoms with Crippen molar-refractivity contribution < 1.29 is 23.1 Å². The molecule has 3 aromatic rings. The zero-order valence-corrected chi connectivity index (χ0v) is 18.8. The Morgan fingerprint density at radius 2 is 1.69 bits per heavy atom. The van der Waals surface area contributed by atoms with Crippen LogP contribution in [0.3, 0.4) is 0 Å². The highest BCUT2D eigenvalue weighted by atomic mass is 19.4. The SMILES string of the molecule is [CH2+]C(C)(C)c1cc(C(=O)Cn2cc3cc(C(F)(F)F)ccn3c2=N)cc(C(C)(C)C)c1O. The lowest BCUT2D eigenvalue weighted by molar-refractivity contribution is -0.137. The van der Waals surface area contributed by atoms with Crippen molar-refractivity contribution in [3.8, 4) is 5.75 Å². The first-order valence-electron chi connectivity index (χ1n) is 10.1. The highest BCUT2D eigenvalue weighted by Gasteiger charge is 2.32. The fraction of sp³-hybridized carbons (Fsp3) is 0.375. The number of alkyl halides is 3. The summed E-state index contributed by atoms with van der Waals surface area (Å²) in [6.45, 7) is 13.3. The minimum absolute atomic E-state index is 0.0946. The molecular formula is C24H27F3N3O2+. The second-order valence-corrected chi connectivity index (χ2v) is 9.77. The molecule has 0 aliphatic heterocycles. The summed E-state index contributed by atoms with van der Waals surface area (Å²) in [4.78, 5) is 13.1. The number of Topliss-reactive ketones (excluding diaryl/α,β-unsaturated/α-hetero) is 1. The van der Waals surface area contributed by atoms with E-state index in [9.17, 15) is 23.1 Å². The van der Waals surface area contributed by atoms with Crippen molar-refractivity contribution in [2.45, 2.75) is 58.2 Å². The van der Waals surface area contributed by atoms with Gasteiger partial charge in [0.15, 0.2) is 5.78 Å². The number of hydrogen-bond acceptors (Lipinski definition) is 3. The summed E-state index contributed by atoms with van der Waals surface area (Å²) >= 11 is 0. The molecule has 0 aliphatic carbocycles. The molecule has 5 nitrogen and oxygen atoms in total. The van der Waals surface area contributed by atoms with Crippen molar-refractivity contribution in [3.63, 3.8) is 0 Å². The minimum atomic E-state index is -4.50. The van der Waals surface area contributed by atoms with Gasteiger partial charge in [0.05, 0.1) is 24.5 Å². The Morgan fingerprint density at radius 3 is 2.22 bits per heavy atom. The Kier molecular flexibility index (Phi) is 5.48. The van der Waals surface area contributed by atoms with Crippen molar-refractivity contribution in [3.05, 3.63) is 71.5 Å². The number of carbonyl (C=O) groups excluding carboxylic acids is 1. The molecule has 8 heteroatoms. The Balaban J connectivity index is 2.06. The van der Waals surface area contributed by atoms with Gasteiger partial charge < -0.3 is 9.67 Å². The summed E-state index contributed by atoms with van der Waals surface area (Å²) in [6.07, 6.45) is -1.97. The topological polar surface area (TPSA) is 70.5 Å². The van der Waals surface area contributed by atoms with Gasteiger partial charge in [-0.2, -0.15) is 13.2 Å². The number of ketones is 1. The van der Waals surface area contributed by atoms with E-state index >= 15 is 0 Å². The van der Waals surface area contributed by atoms with Crippen LogP contribution in [0.15, 0.2) is 36.7 Å². The summed E-state index contributed by atoms with van der Waals surface area (Å²) in [5, 5.41) is 19.1. The maximum absolute atomic E-state index is 13.1. The van der Waals surface area contributed by atoms with E-state index in [0.29, 0.717) is 16.7 Å². The van der Waals surface area contributed by atoms with Crippen LogP contribution in [0.1, 0.15) is 61.7 Å². The van der Waals surface area contributed by atoms with E-state index in [1.54, 1.807) is 12.1 Å². The highest BCUT2D eigenvalue weighted by molar-refractivity contribution is 5.96. The maximum Gasteiger partial charge on any atom is 0.416 e. The lowest BCUT2D eigenvalue weighted by atomic mass is 9.78. The molecule has 0 amide bonds. The standard InChI is InChI=1S/C24H26F3N3O2/c1-22(2,3)17-9-14(10-18(20(17)32)23(4,5)6)19(31)13-29-12-16-11-15(24(25,26)27)7-8-30(16)21(29)28/h7-12,28H,1,13H2,2-6H3/p+1. The van der Waals surface area contributed by atoms with Gasteiger partial charge in [-0.1, -0.05) is 20.8 Å². The fourth-order valence-electron chi connectivity index (χ4n) is 3.60. The number of phenols is 1. The molecule has 0 saturated heterocycles. The number of nitrogens with one attached hydrogen (secondary N) is 1. The average Bonchev–Trinajstić information content (AvgIpc) is 2.94. The Hall–Kier alpha value is -3.16. The van der Waals surface area contributed by atoms with E-state index in [4.69, 9.17) is 5.41 Å². The summed E-state index contributed by atoms with van der Waals surface area (Å²) in [5.41, 5.74) is -0.397. The van der Waals surface area contributed by atoms with Crippen molar-refractivity contribution in [2.24, 2.45) is 0 Å². The molecule has 0 aliphatic rings. The predicted octanol–water partition coefficient (Wildman–Crippen LogP) is 5.24. The Labute approximate surface area is 184 Å². The van der Waals surface area contributed by atoms with Crippen LogP contribution in [-0.4, -0.2) is 19.9 Å². The number of aromatic nitrogens is 2. The van der Waals surface area contributed by atoms with Gasteiger partial charge in [0.2, 0.25) is 5.62 Å². The van der Waals surface area contributed by atoms with Crippen LogP contribution in [0.4, 0.5) is 13.2 Å². The number of hydrogen-bond donors (Lipinski definition) is 2. The minimum Gasteiger partial charge on any atom is -0.507 e. The van der Waals surface area contributed by atoms with Gasteiger partial charge in [-0.05, 0) is 43.5 Å².